The monoisotopic (exact) mass is 370 g/mol. The molecule has 9 nitrogen and oxygen atoms in total. The number of carboxylic acid groups (broad SMARTS) is 2. The number of benzene rings is 2. The molecule has 0 aliphatic rings. The van der Waals surface area contributed by atoms with Gasteiger partial charge in [-0.3, -0.25) is 15.0 Å². The van der Waals surface area contributed by atoms with E-state index in [1.807, 2.05) is 0 Å². The largest absolute Gasteiger partial charge is 0.481 e. The Morgan fingerprint density at radius 1 is 1.00 bits per heavy atom. The molecular weight excluding hydrogens is 352 g/mol. The molecule has 7 N–H and O–H groups in total. The van der Waals surface area contributed by atoms with E-state index in [1.54, 1.807) is 30.3 Å². The number of carboxylic acids is 2. The van der Waals surface area contributed by atoms with E-state index in [-0.39, 0.29) is 11.4 Å². The van der Waals surface area contributed by atoms with Crippen LogP contribution in [0.15, 0.2) is 48.5 Å². The first-order chi connectivity index (χ1) is 12.8. The van der Waals surface area contributed by atoms with E-state index >= 15 is 0 Å². The second kappa shape index (κ2) is 8.48. The van der Waals surface area contributed by atoms with Crippen LogP contribution in [0.25, 0.3) is 0 Å². The molecule has 1 amide bonds. The smallest absolute Gasteiger partial charge is 0.326 e. The lowest BCUT2D eigenvalue weighted by Crippen LogP contribution is -2.31. The lowest BCUT2D eigenvalue weighted by atomic mass is 10.1. The van der Waals surface area contributed by atoms with Crippen molar-refractivity contribution in [3.05, 3.63) is 59.7 Å². The lowest BCUT2D eigenvalue weighted by molar-refractivity contribution is -0.144. The molecule has 2 rings (SSSR count). The molecule has 9 heteroatoms. The highest BCUT2D eigenvalue weighted by atomic mass is 16.4. The van der Waals surface area contributed by atoms with Crippen LogP contribution in [-0.2, 0) is 9.59 Å². The summed E-state index contributed by atoms with van der Waals surface area (Å²) in [5, 5.41) is 30.5. The van der Waals surface area contributed by atoms with Gasteiger partial charge < -0.3 is 26.6 Å². The molecule has 1 unspecified atom stereocenters. The van der Waals surface area contributed by atoms with Crippen molar-refractivity contribution in [2.75, 3.05) is 10.6 Å². The highest BCUT2D eigenvalue weighted by Gasteiger charge is 2.21. The van der Waals surface area contributed by atoms with Gasteiger partial charge in [-0.05, 0) is 42.5 Å². The van der Waals surface area contributed by atoms with E-state index in [0.717, 1.165) is 0 Å². The van der Waals surface area contributed by atoms with Crippen LogP contribution >= 0.6 is 0 Å². The van der Waals surface area contributed by atoms with Crippen LogP contribution in [0, 0.1) is 5.41 Å². The minimum absolute atomic E-state index is 0.0824. The Morgan fingerprint density at radius 3 is 2.22 bits per heavy atom. The minimum Gasteiger partial charge on any atom is -0.481 e. The van der Waals surface area contributed by atoms with Crippen LogP contribution < -0.4 is 16.4 Å². The molecule has 0 fully saturated rings. The molecule has 0 saturated carbocycles. The molecule has 1 atom stereocenters. The fourth-order valence-corrected chi connectivity index (χ4v) is 2.26. The van der Waals surface area contributed by atoms with Gasteiger partial charge in [-0.2, -0.15) is 0 Å². The summed E-state index contributed by atoms with van der Waals surface area (Å²) in [6.07, 6.45) is -0.603. The van der Waals surface area contributed by atoms with Crippen molar-refractivity contribution in [3.63, 3.8) is 0 Å². The van der Waals surface area contributed by atoms with Gasteiger partial charge in [0.15, 0.2) is 0 Å². The molecule has 0 saturated heterocycles. The van der Waals surface area contributed by atoms with Crippen LogP contribution in [0.1, 0.15) is 22.3 Å². The van der Waals surface area contributed by atoms with Crippen molar-refractivity contribution in [3.8, 4) is 0 Å². The first-order valence-electron chi connectivity index (χ1n) is 7.83. The van der Waals surface area contributed by atoms with Crippen LogP contribution in [0.2, 0.25) is 0 Å². The molecule has 0 aliphatic heterocycles. The van der Waals surface area contributed by atoms with Gasteiger partial charge in [0.05, 0.1) is 6.42 Å². The number of nitrogen functional groups attached to an aromatic ring is 1. The zero-order chi connectivity index (χ0) is 20.0. The summed E-state index contributed by atoms with van der Waals surface area (Å²) in [6.45, 7) is 0. The van der Waals surface area contributed by atoms with E-state index < -0.39 is 30.3 Å². The summed E-state index contributed by atoms with van der Waals surface area (Å²) in [5.74, 6) is -3.07. The van der Waals surface area contributed by atoms with Crippen molar-refractivity contribution in [1.29, 1.82) is 5.41 Å². The van der Waals surface area contributed by atoms with E-state index in [9.17, 15) is 14.4 Å². The zero-order valence-corrected chi connectivity index (χ0v) is 14.1. The number of nitrogens with one attached hydrogen (secondary N) is 3. The lowest BCUT2D eigenvalue weighted by Gasteiger charge is -2.14. The number of aliphatic carboxylic acids is 2. The fourth-order valence-electron chi connectivity index (χ4n) is 2.26. The Balaban J connectivity index is 2.11. The Hall–Kier alpha value is -3.88. The standard InChI is InChI=1S/C18H18N4O5/c19-16(20)10-4-6-12(7-5-10)22-17(25)11-2-1-3-13(8-11)21-14(18(26)27)9-15(23)24/h1-8,14,21H,9H2,(H3,19,20)(H,22,25)(H,23,24)(H,26,27). The average molecular weight is 370 g/mol. The van der Waals surface area contributed by atoms with Gasteiger partial charge in [0.1, 0.15) is 11.9 Å². The molecule has 2 aromatic rings. The van der Waals surface area contributed by atoms with Gasteiger partial charge in [-0.25, -0.2) is 4.79 Å². The van der Waals surface area contributed by atoms with E-state index in [4.69, 9.17) is 21.4 Å². The normalized spacial score (nSPS) is 11.3. The molecule has 0 bridgehead atoms. The predicted molar refractivity (Wildman–Crippen MR) is 99.2 cm³/mol. The second-order valence-electron chi connectivity index (χ2n) is 5.66. The maximum Gasteiger partial charge on any atom is 0.326 e. The summed E-state index contributed by atoms with van der Waals surface area (Å²) in [4.78, 5) is 34.3. The van der Waals surface area contributed by atoms with Crippen LogP contribution in [0.4, 0.5) is 11.4 Å². The molecule has 140 valence electrons. The predicted octanol–water partition coefficient (Wildman–Crippen LogP) is 1.56. The molecule has 0 radical (unpaired) electrons. The topological polar surface area (TPSA) is 166 Å². The Bertz CT molecular complexity index is 880. The average Bonchev–Trinajstić information content (AvgIpc) is 2.61. The SMILES string of the molecule is N=C(N)c1ccc(NC(=O)c2cccc(NC(CC(=O)O)C(=O)O)c2)cc1. The number of amidine groups is 1. The van der Waals surface area contributed by atoms with Gasteiger partial charge in [0.25, 0.3) is 5.91 Å². The molecule has 0 aromatic heterocycles. The number of amides is 1. The third-order valence-electron chi connectivity index (χ3n) is 3.60. The second-order valence-corrected chi connectivity index (χ2v) is 5.66. The van der Waals surface area contributed by atoms with Crippen LogP contribution in [0.3, 0.4) is 0 Å². The minimum atomic E-state index is -1.32. The van der Waals surface area contributed by atoms with Gasteiger partial charge in [0, 0.05) is 22.5 Å². The fraction of sp³-hybridized carbons (Fsp3) is 0.111. The van der Waals surface area contributed by atoms with Crippen LogP contribution in [0.5, 0.6) is 0 Å². The maximum absolute atomic E-state index is 12.4. The number of rotatable bonds is 8. The summed E-state index contributed by atoms with van der Waals surface area (Å²) in [7, 11) is 0. The third-order valence-corrected chi connectivity index (χ3v) is 3.60. The Morgan fingerprint density at radius 2 is 1.67 bits per heavy atom. The van der Waals surface area contributed by atoms with Crippen molar-refractivity contribution in [2.24, 2.45) is 5.73 Å². The molecule has 27 heavy (non-hydrogen) atoms. The maximum atomic E-state index is 12.4. The highest BCUT2D eigenvalue weighted by molar-refractivity contribution is 6.05. The molecule has 0 heterocycles. The summed E-state index contributed by atoms with van der Waals surface area (Å²) in [6, 6.07) is 11.1. The van der Waals surface area contributed by atoms with Gasteiger partial charge in [-0.1, -0.05) is 6.07 Å². The quantitative estimate of drug-likeness (QED) is 0.303. The number of hydrogen-bond acceptors (Lipinski definition) is 5. The van der Waals surface area contributed by atoms with Crippen molar-refractivity contribution >= 4 is 35.1 Å². The Kier molecular flexibility index (Phi) is 6.10. The van der Waals surface area contributed by atoms with Gasteiger partial charge >= 0.3 is 11.9 Å². The van der Waals surface area contributed by atoms with E-state index in [0.29, 0.717) is 16.9 Å². The third kappa shape index (κ3) is 5.56. The molecule has 2 aromatic carbocycles. The molecule has 0 aliphatic carbocycles. The summed E-state index contributed by atoms with van der Waals surface area (Å²) in [5.41, 5.74) is 6.97. The molecular formula is C18H18N4O5. The first kappa shape index (κ1) is 19.4. The Labute approximate surface area is 154 Å². The number of nitrogens with two attached hydrogens (primary N) is 1. The van der Waals surface area contributed by atoms with Crippen molar-refractivity contribution in [1.82, 2.24) is 0 Å². The number of hydrogen-bond donors (Lipinski definition) is 6. The van der Waals surface area contributed by atoms with E-state index in [1.165, 1.54) is 18.2 Å². The van der Waals surface area contributed by atoms with E-state index in [2.05, 4.69) is 10.6 Å². The molecule has 0 spiro atoms. The van der Waals surface area contributed by atoms with Crippen molar-refractivity contribution < 1.29 is 24.6 Å². The van der Waals surface area contributed by atoms with Gasteiger partial charge in [-0.15, -0.1) is 0 Å². The van der Waals surface area contributed by atoms with Crippen molar-refractivity contribution in [2.45, 2.75) is 12.5 Å². The highest BCUT2D eigenvalue weighted by Crippen LogP contribution is 2.16. The van der Waals surface area contributed by atoms with Crippen LogP contribution in [-0.4, -0.2) is 39.9 Å². The van der Waals surface area contributed by atoms with Gasteiger partial charge in [0.2, 0.25) is 0 Å². The first-order valence-corrected chi connectivity index (χ1v) is 7.83. The summed E-state index contributed by atoms with van der Waals surface area (Å²) >= 11 is 0. The number of carbonyl (C=O) groups excluding carboxylic acids is 1. The number of carbonyl (C=O) groups is 3. The zero-order valence-electron chi connectivity index (χ0n) is 14.1. The number of anilines is 2. The summed E-state index contributed by atoms with van der Waals surface area (Å²) < 4.78 is 0.